The fourth-order valence-corrected chi connectivity index (χ4v) is 2.61. The molecule has 0 bridgehead atoms. The van der Waals surface area contributed by atoms with Crippen LogP contribution in [0.2, 0.25) is 0 Å². The summed E-state index contributed by atoms with van der Waals surface area (Å²) in [5.41, 5.74) is 5.69. The molecule has 1 saturated heterocycles. The largest absolute Gasteiger partial charge is 0.328 e. The summed E-state index contributed by atoms with van der Waals surface area (Å²) >= 11 is 2.08. The first-order valence-corrected chi connectivity index (χ1v) is 6.50. The molecule has 0 spiro atoms. The zero-order valence-electron chi connectivity index (χ0n) is 8.67. The Hall–Kier alpha value is 0.270. The second-order valence-corrected chi connectivity index (χ2v) is 5.15. The highest BCUT2D eigenvalue weighted by molar-refractivity contribution is 7.99. The van der Waals surface area contributed by atoms with Gasteiger partial charge in [0.1, 0.15) is 0 Å². The first-order valence-electron chi connectivity index (χ1n) is 5.34. The molecule has 1 heterocycles. The van der Waals surface area contributed by atoms with Gasteiger partial charge >= 0.3 is 0 Å². The summed E-state index contributed by atoms with van der Waals surface area (Å²) in [5.74, 6) is 2.65. The van der Waals surface area contributed by atoms with Crippen LogP contribution in [0, 0.1) is 0 Å². The predicted molar refractivity (Wildman–Crippen MR) is 61.3 cm³/mol. The Kier molecular flexibility index (Phi) is 5.83. The van der Waals surface area contributed by atoms with Crippen LogP contribution in [0.15, 0.2) is 0 Å². The minimum atomic E-state index is 0.386. The zero-order chi connectivity index (χ0) is 9.52. The van der Waals surface area contributed by atoms with Crippen molar-refractivity contribution in [3.05, 3.63) is 0 Å². The maximum atomic E-state index is 5.69. The van der Waals surface area contributed by atoms with Crippen molar-refractivity contribution >= 4 is 11.8 Å². The van der Waals surface area contributed by atoms with E-state index in [0.29, 0.717) is 6.04 Å². The molecule has 0 aromatic rings. The van der Waals surface area contributed by atoms with Crippen LogP contribution in [-0.2, 0) is 0 Å². The van der Waals surface area contributed by atoms with E-state index in [1.165, 1.54) is 50.4 Å². The number of nitrogens with two attached hydrogens (primary N) is 1. The van der Waals surface area contributed by atoms with Gasteiger partial charge in [-0.2, -0.15) is 11.8 Å². The molecular formula is C10H22N2S. The fourth-order valence-electron chi connectivity index (χ4n) is 1.63. The van der Waals surface area contributed by atoms with Gasteiger partial charge in [-0.3, -0.25) is 0 Å². The highest BCUT2D eigenvalue weighted by Gasteiger charge is 2.08. The Morgan fingerprint density at radius 3 is 2.62 bits per heavy atom. The molecule has 1 rings (SSSR count). The first kappa shape index (κ1) is 11.3. The predicted octanol–water partition coefficient (Wildman–Crippen LogP) is 1.55. The number of rotatable bonds is 5. The molecule has 1 aliphatic heterocycles. The van der Waals surface area contributed by atoms with Gasteiger partial charge < -0.3 is 10.6 Å². The van der Waals surface area contributed by atoms with Crippen LogP contribution >= 0.6 is 11.8 Å². The Labute approximate surface area is 86.2 Å². The van der Waals surface area contributed by atoms with E-state index in [-0.39, 0.29) is 0 Å². The highest BCUT2D eigenvalue weighted by atomic mass is 32.2. The molecule has 13 heavy (non-hydrogen) atoms. The first-order chi connectivity index (χ1) is 6.29. The molecule has 0 aliphatic carbocycles. The average molecular weight is 202 g/mol. The number of thioether (sulfide) groups is 1. The van der Waals surface area contributed by atoms with E-state index >= 15 is 0 Å². The van der Waals surface area contributed by atoms with Crippen molar-refractivity contribution in [1.82, 2.24) is 4.90 Å². The van der Waals surface area contributed by atoms with Gasteiger partial charge in [0.15, 0.2) is 0 Å². The fraction of sp³-hybridized carbons (Fsp3) is 1.00. The van der Waals surface area contributed by atoms with E-state index in [0.717, 1.165) is 0 Å². The van der Waals surface area contributed by atoms with Crippen molar-refractivity contribution in [2.45, 2.75) is 32.2 Å². The SMILES string of the molecule is CC(N)CCCCN1CCSCC1. The molecule has 78 valence electrons. The van der Waals surface area contributed by atoms with Crippen molar-refractivity contribution in [1.29, 1.82) is 0 Å². The van der Waals surface area contributed by atoms with Crippen LogP contribution in [0.4, 0.5) is 0 Å². The summed E-state index contributed by atoms with van der Waals surface area (Å²) in [4.78, 5) is 2.58. The Morgan fingerprint density at radius 1 is 1.31 bits per heavy atom. The minimum absolute atomic E-state index is 0.386. The van der Waals surface area contributed by atoms with Crippen LogP contribution in [0.25, 0.3) is 0 Å². The molecular weight excluding hydrogens is 180 g/mol. The van der Waals surface area contributed by atoms with Crippen molar-refractivity contribution in [2.24, 2.45) is 5.73 Å². The maximum Gasteiger partial charge on any atom is 0.00727 e. The van der Waals surface area contributed by atoms with Crippen LogP contribution in [0.5, 0.6) is 0 Å². The Bertz CT molecular complexity index is 122. The number of hydrogen-bond acceptors (Lipinski definition) is 3. The summed E-state index contributed by atoms with van der Waals surface area (Å²) in [6.45, 7) is 5.97. The van der Waals surface area contributed by atoms with Gasteiger partial charge in [-0.1, -0.05) is 6.42 Å². The average Bonchev–Trinajstić information content (AvgIpc) is 2.14. The lowest BCUT2D eigenvalue weighted by Crippen LogP contribution is -2.33. The van der Waals surface area contributed by atoms with E-state index in [4.69, 9.17) is 5.73 Å². The lowest BCUT2D eigenvalue weighted by Gasteiger charge is -2.26. The third-order valence-electron chi connectivity index (χ3n) is 2.49. The van der Waals surface area contributed by atoms with Gasteiger partial charge in [0, 0.05) is 30.6 Å². The second-order valence-electron chi connectivity index (χ2n) is 3.93. The third-order valence-corrected chi connectivity index (χ3v) is 3.43. The van der Waals surface area contributed by atoms with Crippen molar-refractivity contribution in [3.8, 4) is 0 Å². The van der Waals surface area contributed by atoms with Crippen LogP contribution in [0.3, 0.4) is 0 Å². The van der Waals surface area contributed by atoms with Gasteiger partial charge in [0.2, 0.25) is 0 Å². The van der Waals surface area contributed by atoms with Gasteiger partial charge in [0.05, 0.1) is 0 Å². The van der Waals surface area contributed by atoms with Crippen molar-refractivity contribution in [2.75, 3.05) is 31.1 Å². The molecule has 1 fully saturated rings. The third kappa shape index (κ3) is 5.55. The van der Waals surface area contributed by atoms with Gasteiger partial charge in [-0.25, -0.2) is 0 Å². The summed E-state index contributed by atoms with van der Waals surface area (Å²) in [7, 11) is 0. The number of unbranched alkanes of at least 4 members (excludes halogenated alkanes) is 1. The lowest BCUT2D eigenvalue weighted by atomic mass is 10.1. The summed E-state index contributed by atoms with van der Waals surface area (Å²) in [6, 6.07) is 0.386. The molecule has 1 aliphatic rings. The quantitative estimate of drug-likeness (QED) is 0.686. The smallest absolute Gasteiger partial charge is 0.00727 e. The molecule has 0 amide bonds. The molecule has 1 atom stereocenters. The van der Waals surface area contributed by atoms with Gasteiger partial charge in [-0.05, 0) is 26.3 Å². The van der Waals surface area contributed by atoms with E-state index in [1.54, 1.807) is 0 Å². The summed E-state index contributed by atoms with van der Waals surface area (Å²) in [5, 5.41) is 0. The molecule has 0 saturated carbocycles. The Morgan fingerprint density at radius 2 is 2.00 bits per heavy atom. The van der Waals surface area contributed by atoms with E-state index < -0.39 is 0 Å². The molecule has 3 heteroatoms. The van der Waals surface area contributed by atoms with Crippen molar-refractivity contribution < 1.29 is 0 Å². The van der Waals surface area contributed by atoms with Crippen LogP contribution in [-0.4, -0.2) is 42.1 Å². The van der Waals surface area contributed by atoms with Crippen molar-refractivity contribution in [3.63, 3.8) is 0 Å². The van der Waals surface area contributed by atoms with Crippen LogP contribution in [0.1, 0.15) is 26.2 Å². The second kappa shape index (κ2) is 6.68. The molecule has 1 unspecified atom stereocenters. The Balaban J connectivity index is 1.92. The highest BCUT2D eigenvalue weighted by Crippen LogP contribution is 2.10. The summed E-state index contributed by atoms with van der Waals surface area (Å²) < 4.78 is 0. The number of nitrogens with zero attached hydrogens (tertiary/aromatic N) is 1. The maximum absolute atomic E-state index is 5.69. The zero-order valence-corrected chi connectivity index (χ0v) is 9.48. The molecule has 0 aromatic heterocycles. The number of hydrogen-bond donors (Lipinski definition) is 1. The molecule has 0 radical (unpaired) electrons. The topological polar surface area (TPSA) is 29.3 Å². The van der Waals surface area contributed by atoms with Gasteiger partial charge in [0.25, 0.3) is 0 Å². The molecule has 0 aromatic carbocycles. The molecule has 2 nitrogen and oxygen atoms in total. The minimum Gasteiger partial charge on any atom is -0.328 e. The normalized spacial score (nSPS) is 21.7. The van der Waals surface area contributed by atoms with E-state index in [9.17, 15) is 0 Å². The van der Waals surface area contributed by atoms with Crippen LogP contribution < -0.4 is 5.73 Å². The standard InChI is InChI=1S/C10H22N2S/c1-10(11)4-2-3-5-12-6-8-13-9-7-12/h10H,2-9,11H2,1H3. The lowest BCUT2D eigenvalue weighted by molar-refractivity contribution is 0.293. The van der Waals surface area contributed by atoms with E-state index in [2.05, 4.69) is 23.6 Å². The van der Waals surface area contributed by atoms with Gasteiger partial charge in [-0.15, -0.1) is 0 Å². The van der Waals surface area contributed by atoms with E-state index in [1.807, 2.05) is 0 Å². The summed E-state index contributed by atoms with van der Waals surface area (Å²) in [6.07, 6.45) is 3.80. The molecule has 2 N–H and O–H groups in total. The monoisotopic (exact) mass is 202 g/mol.